The number of fused-ring (bicyclic) bond motifs is 1. The van der Waals surface area contributed by atoms with Crippen LogP contribution in [0.15, 0.2) is 24.5 Å². The lowest BCUT2D eigenvalue weighted by Gasteiger charge is -2.41. The fraction of sp³-hybridized carbons (Fsp3) is 0.500. The molecule has 6 heteroatoms. The van der Waals surface area contributed by atoms with Crippen LogP contribution < -0.4 is 10.2 Å². The molecule has 1 aliphatic carbocycles. The number of hydrogen-bond donors (Lipinski definition) is 2. The Kier molecular flexibility index (Phi) is 3.46. The third-order valence-corrected chi connectivity index (χ3v) is 5.14. The molecule has 4 rings (SSSR count). The lowest BCUT2D eigenvalue weighted by molar-refractivity contribution is -0.0366. The molecule has 2 aromatic heterocycles. The fourth-order valence-corrected chi connectivity index (χ4v) is 3.52. The molecule has 1 saturated heterocycles. The third kappa shape index (κ3) is 2.71. The van der Waals surface area contributed by atoms with Crippen LogP contribution in [0, 0.1) is 0 Å². The Morgan fingerprint density at radius 1 is 1.33 bits per heavy atom. The van der Waals surface area contributed by atoms with E-state index in [0.29, 0.717) is 24.4 Å². The monoisotopic (exact) mass is 326 g/mol. The summed E-state index contributed by atoms with van der Waals surface area (Å²) in [5.74, 6) is 0.799. The quantitative estimate of drug-likeness (QED) is 0.900. The molecule has 0 aromatic carbocycles. The molecule has 2 aliphatic rings. The number of aliphatic hydroxyl groups is 1. The first kappa shape index (κ1) is 15.3. The van der Waals surface area contributed by atoms with Crippen molar-refractivity contribution in [2.75, 3.05) is 11.4 Å². The van der Waals surface area contributed by atoms with Crippen LogP contribution in [0.2, 0.25) is 0 Å². The van der Waals surface area contributed by atoms with Gasteiger partial charge in [-0.1, -0.05) is 0 Å². The van der Waals surface area contributed by atoms with E-state index >= 15 is 0 Å². The number of rotatable bonds is 3. The van der Waals surface area contributed by atoms with Crippen LogP contribution >= 0.6 is 0 Å². The van der Waals surface area contributed by atoms with Crippen LogP contribution in [0.4, 0.5) is 5.82 Å². The summed E-state index contributed by atoms with van der Waals surface area (Å²) in [6, 6.07) is 4.37. The molecule has 1 atom stereocenters. The second kappa shape index (κ2) is 5.41. The second-order valence-corrected chi connectivity index (χ2v) is 7.37. The number of carbonyl (C=O) groups excluding carboxylic acids is 1. The molecule has 0 radical (unpaired) electrons. The Morgan fingerprint density at radius 2 is 2.12 bits per heavy atom. The molecule has 24 heavy (non-hydrogen) atoms. The number of hydrogen-bond acceptors (Lipinski definition) is 5. The van der Waals surface area contributed by atoms with Crippen molar-refractivity contribution in [3.8, 4) is 0 Å². The zero-order valence-electron chi connectivity index (χ0n) is 14.0. The van der Waals surface area contributed by atoms with Crippen LogP contribution in [0.1, 0.15) is 43.5 Å². The van der Waals surface area contributed by atoms with E-state index in [2.05, 4.69) is 27.1 Å². The molecular weight excluding hydrogens is 304 g/mol. The van der Waals surface area contributed by atoms with Gasteiger partial charge in [0.15, 0.2) is 0 Å². The standard InChI is InChI=1S/C18H22N4O2/c1-11-3-4-22(11)16-6-15-12(9-20-16)5-13(10-19-15)17(23)21-14-7-18(2,24)8-14/h5-6,9-11,14,24H,3-4,7-8H2,1-2H3,(H,21,23)/t11-,14-,18+/m0/s1. The van der Waals surface area contributed by atoms with Gasteiger partial charge < -0.3 is 15.3 Å². The van der Waals surface area contributed by atoms with Crippen molar-refractivity contribution in [2.45, 2.75) is 50.8 Å². The van der Waals surface area contributed by atoms with E-state index in [1.165, 1.54) is 6.42 Å². The van der Waals surface area contributed by atoms with E-state index in [0.717, 1.165) is 23.3 Å². The van der Waals surface area contributed by atoms with E-state index in [1.807, 2.05) is 12.1 Å². The summed E-state index contributed by atoms with van der Waals surface area (Å²) >= 11 is 0. The number of nitrogens with one attached hydrogen (secondary N) is 1. The van der Waals surface area contributed by atoms with Gasteiger partial charge in [0.2, 0.25) is 0 Å². The largest absolute Gasteiger partial charge is 0.390 e. The minimum absolute atomic E-state index is 0.0385. The molecule has 0 spiro atoms. The van der Waals surface area contributed by atoms with Crippen molar-refractivity contribution in [3.05, 3.63) is 30.1 Å². The van der Waals surface area contributed by atoms with Gasteiger partial charge in [-0.25, -0.2) is 4.98 Å². The minimum Gasteiger partial charge on any atom is -0.390 e. The summed E-state index contributed by atoms with van der Waals surface area (Å²) in [6.07, 6.45) is 5.78. The Labute approximate surface area is 140 Å². The highest BCUT2D eigenvalue weighted by molar-refractivity contribution is 5.97. The van der Waals surface area contributed by atoms with Crippen LogP contribution in [-0.4, -0.2) is 45.2 Å². The van der Waals surface area contributed by atoms with Crippen molar-refractivity contribution >= 4 is 22.6 Å². The predicted molar refractivity (Wildman–Crippen MR) is 92.1 cm³/mol. The van der Waals surface area contributed by atoms with E-state index in [9.17, 15) is 9.90 Å². The normalized spacial score (nSPS) is 29.0. The third-order valence-electron chi connectivity index (χ3n) is 5.14. The molecule has 0 unspecified atom stereocenters. The first-order valence-corrected chi connectivity index (χ1v) is 8.47. The summed E-state index contributed by atoms with van der Waals surface area (Å²) in [6.45, 7) is 5.01. The van der Waals surface area contributed by atoms with E-state index in [1.54, 1.807) is 19.3 Å². The fourth-order valence-electron chi connectivity index (χ4n) is 3.52. The highest BCUT2D eigenvalue weighted by atomic mass is 16.3. The topological polar surface area (TPSA) is 78.4 Å². The van der Waals surface area contributed by atoms with Gasteiger partial charge in [0, 0.05) is 42.5 Å². The maximum atomic E-state index is 12.3. The summed E-state index contributed by atoms with van der Waals surface area (Å²) in [4.78, 5) is 23.5. The van der Waals surface area contributed by atoms with E-state index in [4.69, 9.17) is 0 Å². The van der Waals surface area contributed by atoms with Gasteiger partial charge in [-0.3, -0.25) is 9.78 Å². The zero-order valence-corrected chi connectivity index (χ0v) is 14.0. The number of nitrogens with zero attached hydrogens (tertiary/aromatic N) is 3. The Bertz CT molecular complexity index is 797. The van der Waals surface area contributed by atoms with Crippen molar-refractivity contribution in [1.82, 2.24) is 15.3 Å². The smallest absolute Gasteiger partial charge is 0.253 e. The number of pyridine rings is 2. The summed E-state index contributed by atoms with van der Waals surface area (Å²) in [5.41, 5.74) is 0.733. The minimum atomic E-state index is -0.645. The first-order chi connectivity index (χ1) is 11.4. The lowest BCUT2D eigenvalue weighted by Crippen LogP contribution is -2.53. The molecule has 3 heterocycles. The maximum Gasteiger partial charge on any atom is 0.253 e. The van der Waals surface area contributed by atoms with Crippen molar-refractivity contribution < 1.29 is 9.90 Å². The molecule has 2 N–H and O–H groups in total. The first-order valence-electron chi connectivity index (χ1n) is 8.47. The molecule has 2 fully saturated rings. The van der Waals surface area contributed by atoms with Crippen LogP contribution in [0.5, 0.6) is 0 Å². The number of amides is 1. The molecule has 6 nitrogen and oxygen atoms in total. The molecular formula is C18H22N4O2. The number of anilines is 1. The molecule has 126 valence electrons. The summed E-state index contributed by atoms with van der Waals surface area (Å²) in [5, 5.41) is 13.5. The highest BCUT2D eigenvalue weighted by Gasteiger charge is 2.39. The average Bonchev–Trinajstić information content (AvgIpc) is 2.51. The van der Waals surface area contributed by atoms with Crippen molar-refractivity contribution in [3.63, 3.8) is 0 Å². The van der Waals surface area contributed by atoms with E-state index < -0.39 is 5.60 Å². The highest BCUT2D eigenvalue weighted by Crippen LogP contribution is 2.31. The van der Waals surface area contributed by atoms with Gasteiger partial charge in [0.25, 0.3) is 5.91 Å². The van der Waals surface area contributed by atoms with Crippen LogP contribution in [0.25, 0.3) is 10.9 Å². The van der Waals surface area contributed by atoms with Gasteiger partial charge in [-0.15, -0.1) is 0 Å². The summed E-state index contributed by atoms with van der Waals surface area (Å²) in [7, 11) is 0. The molecule has 1 amide bonds. The van der Waals surface area contributed by atoms with Gasteiger partial charge in [-0.05, 0) is 39.2 Å². The molecule has 1 aliphatic heterocycles. The Morgan fingerprint density at radius 3 is 2.75 bits per heavy atom. The second-order valence-electron chi connectivity index (χ2n) is 7.37. The summed E-state index contributed by atoms with van der Waals surface area (Å²) < 4.78 is 0. The van der Waals surface area contributed by atoms with Crippen LogP contribution in [-0.2, 0) is 0 Å². The average molecular weight is 326 g/mol. The predicted octanol–water partition coefficient (Wildman–Crippen LogP) is 1.87. The van der Waals surface area contributed by atoms with E-state index in [-0.39, 0.29) is 11.9 Å². The molecule has 2 aromatic rings. The Hall–Kier alpha value is -2.21. The maximum absolute atomic E-state index is 12.3. The molecule has 1 saturated carbocycles. The number of aromatic nitrogens is 2. The Balaban J connectivity index is 1.51. The van der Waals surface area contributed by atoms with Gasteiger partial charge in [0.05, 0.1) is 16.7 Å². The SMILES string of the molecule is C[C@H]1CCN1c1cc2ncc(C(=O)N[C@H]3C[C@@](C)(O)C3)cc2cn1. The number of carbonyl (C=O) groups is 1. The lowest BCUT2D eigenvalue weighted by atomic mass is 9.77. The van der Waals surface area contributed by atoms with Crippen molar-refractivity contribution in [2.24, 2.45) is 0 Å². The van der Waals surface area contributed by atoms with Gasteiger partial charge in [0.1, 0.15) is 5.82 Å². The zero-order chi connectivity index (χ0) is 16.9. The van der Waals surface area contributed by atoms with Gasteiger partial charge in [-0.2, -0.15) is 0 Å². The van der Waals surface area contributed by atoms with Crippen molar-refractivity contribution in [1.29, 1.82) is 0 Å². The molecule has 0 bridgehead atoms. The van der Waals surface area contributed by atoms with Gasteiger partial charge >= 0.3 is 0 Å². The van der Waals surface area contributed by atoms with Crippen LogP contribution in [0.3, 0.4) is 0 Å².